The summed E-state index contributed by atoms with van der Waals surface area (Å²) in [6, 6.07) is 18.8. The fourth-order valence-electron chi connectivity index (χ4n) is 3.75. The maximum Gasteiger partial charge on any atom is 0.266 e. The van der Waals surface area contributed by atoms with Crippen molar-refractivity contribution in [3.05, 3.63) is 93.3 Å². The van der Waals surface area contributed by atoms with Gasteiger partial charge in [0.15, 0.2) is 10.9 Å². The van der Waals surface area contributed by atoms with Gasteiger partial charge in [-0.2, -0.15) is 0 Å². The molecular formula is C27H26N2O3S. The first-order valence-electron chi connectivity index (χ1n) is 10.9. The fourth-order valence-corrected chi connectivity index (χ4v) is 4.73. The highest BCUT2D eigenvalue weighted by Gasteiger charge is 2.17. The summed E-state index contributed by atoms with van der Waals surface area (Å²) in [7, 11) is 0. The Morgan fingerprint density at radius 3 is 2.61 bits per heavy atom. The lowest BCUT2D eigenvalue weighted by Gasteiger charge is -2.17. The average Bonchev–Trinajstić information content (AvgIpc) is 2.81. The van der Waals surface area contributed by atoms with Crippen LogP contribution >= 0.6 is 11.8 Å². The van der Waals surface area contributed by atoms with Gasteiger partial charge in [0.1, 0.15) is 5.75 Å². The molecule has 0 saturated carbocycles. The van der Waals surface area contributed by atoms with Gasteiger partial charge in [-0.25, -0.2) is 4.98 Å². The van der Waals surface area contributed by atoms with Crippen LogP contribution in [0, 0.1) is 13.8 Å². The molecule has 0 spiro atoms. The number of Topliss-reactive ketones (excluding diaryl/α,β-unsaturated/α-hetero) is 1. The van der Waals surface area contributed by atoms with E-state index in [2.05, 4.69) is 0 Å². The van der Waals surface area contributed by atoms with Gasteiger partial charge >= 0.3 is 0 Å². The van der Waals surface area contributed by atoms with Gasteiger partial charge in [-0.1, -0.05) is 36.0 Å². The predicted octanol–water partition coefficient (Wildman–Crippen LogP) is 5.90. The molecule has 0 radical (unpaired) electrons. The molecule has 0 aliphatic rings. The second-order valence-electron chi connectivity index (χ2n) is 7.87. The van der Waals surface area contributed by atoms with E-state index in [-0.39, 0.29) is 11.3 Å². The molecule has 0 bridgehead atoms. The van der Waals surface area contributed by atoms with E-state index in [1.54, 1.807) is 17.6 Å². The summed E-state index contributed by atoms with van der Waals surface area (Å²) >= 11 is 1.46. The SMILES string of the molecule is CCOc1ccc(C(C)=O)cc1CSc1nc2ccccc2c(=O)n1-c1cccc(C)c1C. The van der Waals surface area contributed by atoms with Crippen LogP contribution in [-0.2, 0) is 5.75 Å². The van der Waals surface area contributed by atoms with Crippen molar-refractivity contribution in [2.45, 2.75) is 38.6 Å². The van der Waals surface area contributed by atoms with Crippen LogP contribution in [0.3, 0.4) is 0 Å². The molecule has 0 aliphatic heterocycles. The van der Waals surface area contributed by atoms with Gasteiger partial charge in [0.2, 0.25) is 0 Å². The minimum absolute atomic E-state index is 0.000391. The summed E-state index contributed by atoms with van der Waals surface area (Å²) in [6.07, 6.45) is 0. The normalized spacial score (nSPS) is 11.0. The molecule has 3 aromatic carbocycles. The molecule has 0 saturated heterocycles. The number of hydrogen-bond acceptors (Lipinski definition) is 5. The molecule has 0 fully saturated rings. The average molecular weight is 459 g/mol. The highest BCUT2D eigenvalue weighted by Crippen LogP contribution is 2.31. The summed E-state index contributed by atoms with van der Waals surface area (Å²) in [5.41, 5.74) is 5.05. The Kier molecular flexibility index (Phi) is 6.65. The van der Waals surface area contributed by atoms with Gasteiger partial charge in [-0.05, 0) is 75.2 Å². The van der Waals surface area contributed by atoms with Crippen molar-refractivity contribution in [3.8, 4) is 11.4 Å². The van der Waals surface area contributed by atoms with Gasteiger partial charge in [-0.3, -0.25) is 14.2 Å². The van der Waals surface area contributed by atoms with Crippen molar-refractivity contribution < 1.29 is 9.53 Å². The highest BCUT2D eigenvalue weighted by atomic mass is 32.2. The lowest BCUT2D eigenvalue weighted by atomic mass is 10.1. The molecule has 5 nitrogen and oxygen atoms in total. The van der Waals surface area contributed by atoms with Crippen LogP contribution in [-0.4, -0.2) is 21.9 Å². The Morgan fingerprint density at radius 1 is 1.06 bits per heavy atom. The number of benzene rings is 3. The molecule has 4 rings (SSSR count). The molecule has 168 valence electrons. The number of carbonyl (C=O) groups is 1. The van der Waals surface area contributed by atoms with Crippen LogP contribution in [0.2, 0.25) is 0 Å². The minimum atomic E-state index is -0.0979. The first kappa shape index (κ1) is 22.8. The number of thioether (sulfide) groups is 1. The Labute approximate surface area is 197 Å². The number of aromatic nitrogens is 2. The van der Waals surface area contributed by atoms with E-state index in [0.29, 0.717) is 34.0 Å². The third-order valence-corrected chi connectivity index (χ3v) is 6.67. The van der Waals surface area contributed by atoms with Crippen molar-refractivity contribution in [3.63, 3.8) is 0 Å². The Balaban J connectivity index is 1.85. The first-order valence-corrected chi connectivity index (χ1v) is 11.9. The second-order valence-corrected chi connectivity index (χ2v) is 8.81. The second kappa shape index (κ2) is 9.63. The smallest absolute Gasteiger partial charge is 0.266 e. The van der Waals surface area contributed by atoms with Crippen LogP contribution in [0.25, 0.3) is 16.6 Å². The fraction of sp³-hybridized carbons (Fsp3) is 0.222. The molecule has 0 unspecified atom stereocenters. The van der Waals surface area contributed by atoms with Gasteiger partial charge in [0.25, 0.3) is 5.56 Å². The zero-order valence-corrected chi connectivity index (χ0v) is 20.0. The summed E-state index contributed by atoms with van der Waals surface area (Å²) < 4.78 is 7.49. The van der Waals surface area contributed by atoms with Crippen LogP contribution in [0.1, 0.15) is 40.9 Å². The quantitative estimate of drug-likeness (QED) is 0.196. The molecule has 0 atom stereocenters. The lowest BCUT2D eigenvalue weighted by molar-refractivity contribution is 0.101. The van der Waals surface area contributed by atoms with E-state index in [1.165, 1.54) is 11.8 Å². The van der Waals surface area contributed by atoms with Crippen LogP contribution in [0.5, 0.6) is 5.75 Å². The van der Waals surface area contributed by atoms with E-state index in [1.807, 2.05) is 75.4 Å². The van der Waals surface area contributed by atoms with Gasteiger partial charge in [0, 0.05) is 16.9 Å². The Hall–Kier alpha value is -3.38. The summed E-state index contributed by atoms with van der Waals surface area (Å²) in [4.78, 5) is 30.4. The molecular weight excluding hydrogens is 432 g/mol. The van der Waals surface area contributed by atoms with Crippen molar-refractivity contribution in [1.82, 2.24) is 9.55 Å². The first-order chi connectivity index (χ1) is 15.9. The van der Waals surface area contributed by atoms with Crippen LogP contribution < -0.4 is 10.3 Å². The third-order valence-electron chi connectivity index (χ3n) is 5.69. The molecule has 6 heteroatoms. The van der Waals surface area contributed by atoms with Crippen LogP contribution in [0.4, 0.5) is 0 Å². The zero-order chi connectivity index (χ0) is 23.5. The number of carbonyl (C=O) groups excluding carboxylic acids is 1. The van der Waals surface area contributed by atoms with E-state index in [4.69, 9.17) is 9.72 Å². The molecule has 33 heavy (non-hydrogen) atoms. The standard InChI is InChI=1S/C27H26N2O3S/c1-5-32-25-14-13-20(19(4)30)15-21(25)16-33-27-28-23-11-7-6-10-22(23)26(31)29(27)24-12-8-9-17(2)18(24)3/h6-15H,5,16H2,1-4H3. The molecule has 1 aromatic heterocycles. The maximum absolute atomic E-state index is 13.6. The lowest BCUT2D eigenvalue weighted by Crippen LogP contribution is -2.22. The van der Waals surface area contributed by atoms with Gasteiger partial charge in [0.05, 0.1) is 23.2 Å². The van der Waals surface area contributed by atoms with E-state index in [0.717, 1.165) is 28.1 Å². The van der Waals surface area contributed by atoms with Crippen molar-refractivity contribution >= 4 is 28.4 Å². The summed E-state index contributed by atoms with van der Waals surface area (Å²) in [6.45, 7) is 8.06. The number of nitrogens with zero attached hydrogens (tertiary/aromatic N) is 2. The number of fused-ring (bicyclic) bond motifs is 1. The highest BCUT2D eigenvalue weighted by molar-refractivity contribution is 7.98. The Morgan fingerprint density at radius 2 is 1.85 bits per heavy atom. The number of ketones is 1. The molecule has 0 amide bonds. The number of rotatable bonds is 7. The molecule has 1 heterocycles. The van der Waals surface area contributed by atoms with Crippen molar-refractivity contribution in [2.75, 3.05) is 6.61 Å². The minimum Gasteiger partial charge on any atom is -0.494 e. The van der Waals surface area contributed by atoms with E-state index in [9.17, 15) is 9.59 Å². The maximum atomic E-state index is 13.6. The monoisotopic (exact) mass is 458 g/mol. The van der Waals surface area contributed by atoms with Crippen molar-refractivity contribution in [1.29, 1.82) is 0 Å². The summed E-state index contributed by atoms with van der Waals surface area (Å²) in [5, 5.41) is 1.18. The topological polar surface area (TPSA) is 61.2 Å². The van der Waals surface area contributed by atoms with Gasteiger partial charge in [-0.15, -0.1) is 0 Å². The third kappa shape index (κ3) is 4.57. The molecule has 0 aliphatic carbocycles. The number of para-hydroxylation sites is 1. The van der Waals surface area contributed by atoms with Crippen LogP contribution in [0.15, 0.2) is 70.6 Å². The molecule has 0 N–H and O–H groups in total. The van der Waals surface area contributed by atoms with E-state index >= 15 is 0 Å². The number of ether oxygens (including phenoxy) is 1. The number of aryl methyl sites for hydroxylation is 1. The Bertz CT molecular complexity index is 1410. The predicted molar refractivity (Wildman–Crippen MR) is 134 cm³/mol. The van der Waals surface area contributed by atoms with Crippen molar-refractivity contribution in [2.24, 2.45) is 0 Å². The zero-order valence-electron chi connectivity index (χ0n) is 19.2. The largest absolute Gasteiger partial charge is 0.494 e. The number of hydrogen-bond donors (Lipinski definition) is 0. The van der Waals surface area contributed by atoms with Gasteiger partial charge < -0.3 is 4.74 Å². The molecule has 4 aromatic rings. The summed E-state index contributed by atoms with van der Waals surface area (Å²) in [5.74, 6) is 1.24. The van der Waals surface area contributed by atoms with E-state index < -0.39 is 0 Å².